The molecule has 20 heavy (non-hydrogen) atoms. The molecular weight excluding hydrogens is 254 g/mol. The van der Waals surface area contributed by atoms with Crippen molar-refractivity contribution >= 4 is 12.0 Å². The molecule has 0 spiro atoms. The van der Waals surface area contributed by atoms with E-state index in [4.69, 9.17) is 4.42 Å². The van der Waals surface area contributed by atoms with Crippen molar-refractivity contribution in [1.29, 1.82) is 0 Å². The van der Waals surface area contributed by atoms with Gasteiger partial charge in [-0.15, -0.1) is 0 Å². The van der Waals surface area contributed by atoms with Gasteiger partial charge in [0.05, 0.1) is 6.10 Å². The SMILES string of the molecule is CC1CC1c1ccc(/C=C/C(=O)N2CCC[C@H](O)C2)o1. The highest BCUT2D eigenvalue weighted by molar-refractivity contribution is 5.91. The zero-order valence-electron chi connectivity index (χ0n) is 11.8. The van der Waals surface area contributed by atoms with Crippen molar-refractivity contribution in [3.63, 3.8) is 0 Å². The molecule has 1 saturated carbocycles. The number of aliphatic hydroxyl groups excluding tert-OH is 1. The maximum Gasteiger partial charge on any atom is 0.246 e. The van der Waals surface area contributed by atoms with Gasteiger partial charge in [-0.3, -0.25) is 4.79 Å². The van der Waals surface area contributed by atoms with Crippen LogP contribution in [-0.2, 0) is 4.79 Å². The summed E-state index contributed by atoms with van der Waals surface area (Å²) in [5, 5.41) is 9.57. The number of likely N-dealkylation sites (tertiary alicyclic amines) is 1. The van der Waals surface area contributed by atoms with Crippen molar-refractivity contribution in [3.8, 4) is 0 Å². The number of nitrogens with zero attached hydrogens (tertiary/aromatic N) is 1. The first kappa shape index (κ1) is 13.4. The van der Waals surface area contributed by atoms with E-state index in [0.717, 1.165) is 36.8 Å². The molecule has 2 fully saturated rings. The number of piperidine rings is 1. The zero-order chi connectivity index (χ0) is 14.1. The maximum atomic E-state index is 12.0. The maximum absolute atomic E-state index is 12.0. The van der Waals surface area contributed by atoms with Crippen LogP contribution in [0, 0.1) is 5.92 Å². The Labute approximate surface area is 119 Å². The predicted octanol–water partition coefficient (Wildman–Crippen LogP) is 2.40. The molecule has 3 rings (SSSR count). The molecule has 108 valence electrons. The van der Waals surface area contributed by atoms with Crippen molar-refractivity contribution in [2.24, 2.45) is 5.92 Å². The molecule has 3 atom stereocenters. The van der Waals surface area contributed by atoms with E-state index in [9.17, 15) is 9.90 Å². The molecule has 0 aromatic carbocycles. The van der Waals surface area contributed by atoms with Crippen LogP contribution in [0.5, 0.6) is 0 Å². The van der Waals surface area contributed by atoms with E-state index in [-0.39, 0.29) is 12.0 Å². The molecule has 4 nitrogen and oxygen atoms in total. The van der Waals surface area contributed by atoms with Gasteiger partial charge < -0.3 is 14.4 Å². The quantitative estimate of drug-likeness (QED) is 0.862. The van der Waals surface area contributed by atoms with Gasteiger partial charge in [0.25, 0.3) is 0 Å². The van der Waals surface area contributed by atoms with Crippen LogP contribution in [0.1, 0.15) is 43.6 Å². The van der Waals surface area contributed by atoms with Gasteiger partial charge in [0, 0.05) is 25.1 Å². The topological polar surface area (TPSA) is 53.7 Å². The summed E-state index contributed by atoms with van der Waals surface area (Å²) in [7, 11) is 0. The van der Waals surface area contributed by atoms with Crippen LogP contribution >= 0.6 is 0 Å². The van der Waals surface area contributed by atoms with Gasteiger partial charge in [0.2, 0.25) is 5.91 Å². The van der Waals surface area contributed by atoms with Gasteiger partial charge in [-0.2, -0.15) is 0 Å². The highest BCUT2D eigenvalue weighted by Crippen LogP contribution is 2.47. The molecule has 0 radical (unpaired) electrons. The molecule has 0 bridgehead atoms. The molecular formula is C16H21NO3. The van der Waals surface area contributed by atoms with E-state index >= 15 is 0 Å². The molecule has 2 heterocycles. The summed E-state index contributed by atoms with van der Waals surface area (Å²) < 4.78 is 5.73. The fourth-order valence-electron chi connectivity index (χ4n) is 2.79. The minimum absolute atomic E-state index is 0.0542. The molecule has 1 aromatic heterocycles. The van der Waals surface area contributed by atoms with Crippen molar-refractivity contribution < 1.29 is 14.3 Å². The van der Waals surface area contributed by atoms with Crippen LogP contribution in [-0.4, -0.2) is 35.1 Å². The Morgan fingerprint density at radius 2 is 2.30 bits per heavy atom. The first-order valence-electron chi connectivity index (χ1n) is 7.38. The standard InChI is InChI=1S/C16H21NO3/c1-11-9-14(11)15-6-4-13(20-15)5-7-16(19)17-8-2-3-12(18)10-17/h4-7,11-12,14,18H,2-3,8-10H2,1H3/b7-5+/t11?,12-,14?/m0/s1. The summed E-state index contributed by atoms with van der Waals surface area (Å²) >= 11 is 0. The van der Waals surface area contributed by atoms with E-state index in [1.54, 1.807) is 11.0 Å². The lowest BCUT2D eigenvalue weighted by molar-refractivity contribution is -0.128. The fraction of sp³-hybridized carbons (Fsp3) is 0.562. The predicted molar refractivity (Wildman–Crippen MR) is 76.1 cm³/mol. The fourth-order valence-corrected chi connectivity index (χ4v) is 2.79. The second-order valence-electron chi connectivity index (χ2n) is 5.97. The monoisotopic (exact) mass is 275 g/mol. The number of carbonyl (C=O) groups is 1. The van der Waals surface area contributed by atoms with Crippen molar-refractivity contribution in [3.05, 3.63) is 29.7 Å². The van der Waals surface area contributed by atoms with Crippen LogP contribution in [0.15, 0.2) is 22.6 Å². The van der Waals surface area contributed by atoms with Gasteiger partial charge >= 0.3 is 0 Å². The van der Waals surface area contributed by atoms with Gasteiger partial charge in [0.15, 0.2) is 0 Å². The molecule has 2 aliphatic rings. The average molecular weight is 275 g/mol. The lowest BCUT2D eigenvalue weighted by Gasteiger charge is -2.29. The summed E-state index contributed by atoms with van der Waals surface area (Å²) in [5.41, 5.74) is 0. The summed E-state index contributed by atoms with van der Waals surface area (Å²) in [6, 6.07) is 3.91. The van der Waals surface area contributed by atoms with Gasteiger partial charge in [-0.05, 0) is 43.4 Å². The number of carbonyl (C=O) groups excluding carboxylic acids is 1. The smallest absolute Gasteiger partial charge is 0.246 e. The lowest BCUT2D eigenvalue weighted by Crippen LogP contribution is -2.41. The Kier molecular flexibility index (Phi) is 3.66. The Bertz CT molecular complexity index is 520. The number of aliphatic hydroxyl groups is 1. The van der Waals surface area contributed by atoms with Crippen molar-refractivity contribution in [2.75, 3.05) is 13.1 Å². The van der Waals surface area contributed by atoms with E-state index < -0.39 is 0 Å². The van der Waals surface area contributed by atoms with E-state index in [0.29, 0.717) is 12.5 Å². The lowest BCUT2D eigenvalue weighted by atomic mass is 10.1. The van der Waals surface area contributed by atoms with Crippen molar-refractivity contribution in [1.82, 2.24) is 4.90 Å². The molecule has 4 heteroatoms. The first-order chi connectivity index (χ1) is 9.63. The van der Waals surface area contributed by atoms with Crippen LogP contribution in [0.2, 0.25) is 0 Å². The molecule has 1 N–H and O–H groups in total. The molecule has 1 aliphatic carbocycles. The average Bonchev–Trinajstić information content (AvgIpc) is 2.99. The third-order valence-corrected chi connectivity index (χ3v) is 4.22. The van der Waals surface area contributed by atoms with Crippen LogP contribution in [0.4, 0.5) is 0 Å². The van der Waals surface area contributed by atoms with Gasteiger partial charge in [-0.25, -0.2) is 0 Å². The second-order valence-corrected chi connectivity index (χ2v) is 5.97. The first-order valence-corrected chi connectivity index (χ1v) is 7.38. The third-order valence-electron chi connectivity index (χ3n) is 4.22. The summed E-state index contributed by atoms with van der Waals surface area (Å²) in [5.74, 6) is 2.98. The van der Waals surface area contributed by atoms with Gasteiger partial charge in [0.1, 0.15) is 11.5 Å². The summed E-state index contributed by atoms with van der Waals surface area (Å²) in [6.45, 7) is 3.38. The molecule has 1 saturated heterocycles. The zero-order valence-corrected chi connectivity index (χ0v) is 11.8. The number of β-amino-alcohol motifs (C(OH)–C–C–N with tert-alkyl or cyclic N) is 1. The Morgan fingerprint density at radius 3 is 3.00 bits per heavy atom. The van der Waals surface area contributed by atoms with E-state index in [1.165, 1.54) is 12.5 Å². The normalized spacial score (nSPS) is 29.9. The van der Waals surface area contributed by atoms with Crippen molar-refractivity contribution in [2.45, 2.75) is 38.2 Å². The third kappa shape index (κ3) is 2.96. The Hall–Kier alpha value is -1.55. The highest BCUT2D eigenvalue weighted by atomic mass is 16.3. The van der Waals surface area contributed by atoms with E-state index in [1.807, 2.05) is 12.1 Å². The summed E-state index contributed by atoms with van der Waals surface area (Å²) in [4.78, 5) is 13.7. The van der Waals surface area contributed by atoms with E-state index in [2.05, 4.69) is 6.92 Å². The van der Waals surface area contributed by atoms with Crippen LogP contribution in [0.3, 0.4) is 0 Å². The Balaban J connectivity index is 1.58. The van der Waals surface area contributed by atoms with Crippen LogP contribution in [0.25, 0.3) is 6.08 Å². The minimum Gasteiger partial charge on any atom is -0.461 e. The molecule has 2 unspecified atom stereocenters. The Morgan fingerprint density at radius 1 is 1.50 bits per heavy atom. The minimum atomic E-state index is -0.382. The second kappa shape index (κ2) is 5.44. The van der Waals surface area contributed by atoms with Gasteiger partial charge in [-0.1, -0.05) is 6.92 Å². The number of hydrogen-bond donors (Lipinski definition) is 1. The molecule has 1 aromatic rings. The number of amides is 1. The number of rotatable bonds is 3. The largest absolute Gasteiger partial charge is 0.461 e. The van der Waals surface area contributed by atoms with Crippen LogP contribution < -0.4 is 0 Å². The molecule has 1 amide bonds. The highest BCUT2D eigenvalue weighted by Gasteiger charge is 2.36. The number of furan rings is 1. The number of hydrogen-bond acceptors (Lipinski definition) is 3. The molecule has 1 aliphatic heterocycles. The summed E-state index contributed by atoms with van der Waals surface area (Å²) in [6.07, 6.45) is 5.73.